The van der Waals surface area contributed by atoms with Crippen LogP contribution >= 0.6 is 0 Å². The predicted octanol–water partition coefficient (Wildman–Crippen LogP) is 3.34. The fraction of sp³-hybridized carbons (Fsp3) is 0.286. The third kappa shape index (κ3) is 4.43. The average molecular weight is 353 g/mol. The summed E-state index contributed by atoms with van der Waals surface area (Å²) in [5, 5.41) is 20.2. The molecule has 0 aromatic carbocycles. The quantitative estimate of drug-likeness (QED) is 0.626. The van der Waals surface area contributed by atoms with E-state index in [1.54, 1.807) is 49.7 Å². The number of hydrogen-bond acceptors (Lipinski definition) is 4. The lowest BCUT2D eigenvalue weighted by Crippen LogP contribution is -2.48. The number of carbonyl (C=O) groups is 2. The zero-order chi connectivity index (χ0) is 19.4. The number of rotatable bonds is 5. The highest BCUT2D eigenvalue weighted by atomic mass is 16.4. The summed E-state index contributed by atoms with van der Waals surface area (Å²) in [6.45, 7) is 5.27. The largest absolute Gasteiger partial charge is 0.478 e. The Morgan fingerprint density at radius 3 is 2.65 bits per heavy atom. The maximum Gasteiger partial charge on any atom is 0.328 e. The van der Waals surface area contributed by atoms with Gasteiger partial charge in [0.2, 0.25) is 0 Å². The third-order valence-corrected chi connectivity index (χ3v) is 4.48. The summed E-state index contributed by atoms with van der Waals surface area (Å²) in [4.78, 5) is 27.0. The molecule has 0 unspecified atom stereocenters. The van der Waals surface area contributed by atoms with Crippen molar-refractivity contribution in [3.05, 3.63) is 71.6 Å². The molecule has 1 aromatic rings. The number of aromatic nitrogens is 1. The van der Waals surface area contributed by atoms with Crippen LogP contribution in [0.5, 0.6) is 0 Å². The minimum absolute atomic E-state index is 0.0586. The molecule has 5 heteroatoms. The van der Waals surface area contributed by atoms with Crippen LogP contribution in [0.3, 0.4) is 0 Å². The monoisotopic (exact) mass is 353 g/mol. The van der Waals surface area contributed by atoms with Gasteiger partial charge in [-0.05, 0) is 41.9 Å². The summed E-state index contributed by atoms with van der Waals surface area (Å²) >= 11 is 0. The SMILES string of the molecule is CC(=C/C(=O)O)/C=C/[C@@]1(O)C(/C=C/c2cccnc2)=CC(=O)CC1(C)C. The van der Waals surface area contributed by atoms with Crippen LogP contribution in [0.15, 0.2) is 66.1 Å². The summed E-state index contributed by atoms with van der Waals surface area (Å²) in [6.07, 6.45) is 12.7. The first-order valence-corrected chi connectivity index (χ1v) is 8.30. The molecule has 0 aliphatic heterocycles. The maximum atomic E-state index is 12.1. The van der Waals surface area contributed by atoms with Crippen LogP contribution in [0.2, 0.25) is 0 Å². The van der Waals surface area contributed by atoms with Crippen LogP contribution in [0.4, 0.5) is 0 Å². The summed E-state index contributed by atoms with van der Waals surface area (Å²) in [6, 6.07) is 3.67. The van der Waals surface area contributed by atoms with Crippen molar-refractivity contribution in [3.63, 3.8) is 0 Å². The van der Waals surface area contributed by atoms with Gasteiger partial charge in [0.05, 0.1) is 0 Å². The molecular weight excluding hydrogens is 330 g/mol. The molecule has 136 valence electrons. The van der Waals surface area contributed by atoms with Crippen molar-refractivity contribution in [2.24, 2.45) is 5.41 Å². The Hall–Kier alpha value is -2.79. The molecule has 2 rings (SSSR count). The summed E-state index contributed by atoms with van der Waals surface area (Å²) in [5.74, 6) is -1.11. The number of carboxylic acid groups (broad SMARTS) is 1. The first kappa shape index (κ1) is 19.5. The highest BCUT2D eigenvalue weighted by Crippen LogP contribution is 2.45. The van der Waals surface area contributed by atoms with Gasteiger partial charge in [-0.15, -0.1) is 0 Å². The molecule has 0 saturated carbocycles. The number of hydrogen-bond donors (Lipinski definition) is 2. The van der Waals surface area contributed by atoms with Gasteiger partial charge in [-0.2, -0.15) is 0 Å². The number of aliphatic hydroxyl groups is 1. The van der Waals surface area contributed by atoms with E-state index in [9.17, 15) is 14.7 Å². The number of pyridine rings is 1. The Labute approximate surface area is 153 Å². The first-order valence-electron chi connectivity index (χ1n) is 8.30. The van der Waals surface area contributed by atoms with E-state index in [0.717, 1.165) is 11.6 Å². The van der Waals surface area contributed by atoms with E-state index < -0.39 is 17.0 Å². The van der Waals surface area contributed by atoms with Crippen molar-refractivity contribution < 1.29 is 19.8 Å². The van der Waals surface area contributed by atoms with Gasteiger partial charge in [0.15, 0.2) is 5.78 Å². The molecule has 1 atom stereocenters. The molecule has 1 aliphatic rings. The second kappa shape index (κ2) is 7.62. The lowest BCUT2D eigenvalue weighted by Gasteiger charge is -2.44. The van der Waals surface area contributed by atoms with Gasteiger partial charge in [-0.3, -0.25) is 9.78 Å². The van der Waals surface area contributed by atoms with Gasteiger partial charge >= 0.3 is 5.97 Å². The number of carbonyl (C=O) groups excluding carboxylic acids is 1. The molecule has 26 heavy (non-hydrogen) atoms. The number of allylic oxidation sites excluding steroid dienone is 3. The predicted molar refractivity (Wildman–Crippen MR) is 100 cm³/mol. The Bertz CT molecular complexity index is 816. The van der Waals surface area contributed by atoms with Crippen LogP contribution in [-0.4, -0.2) is 32.6 Å². The van der Waals surface area contributed by atoms with Crippen LogP contribution in [-0.2, 0) is 9.59 Å². The van der Waals surface area contributed by atoms with E-state index in [4.69, 9.17) is 5.11 Å². The molecular formula is C21H23NO4. The van der Waals surface area contributed by atoms with Gasteiger partial charge in [-0.25, -0.2) is 4.79 Å². The second-order valence-electron chi connectivity index (χ2n) is 7.07. The molecule has 0 saturated heterocycles. The minimum Gasteiger partial charge on any atom is -0.478 e. The minimum atomic E-state index is -1.41. The molecule has 0 amide bonds. The molecule has 0 fully saturated rings. The standard InChI is InChI=1S/C21H23NO4/c1-15(11-19(24)25)8-9-21(26)17(12-18(23)13-20(21,2)3)7-6-16-5-4-10-22-14-16/h4-12,14,26H,13H2,1-3H3,(H,24,25)/b7-6+,9-8+,15-11-/t21-/m1/s1. The molecule has 0 spiro atoms. The van der Waals surface area contributed by atoms with Gasteiger partial charge < -0.3 is 10.2 Å². The van der Waals surface area contributed by atoms with Crippen LogP contribution < -0.4 is 0 Å². The van der Waals surface area contributed by atoms with Crippen molar-refractivity contribution in [2.45, 2.75) is 32.8 Å². The van der Waals surface area contributed by atoms with E-state index in [-0.39, 0.29) is 12.2 Å². The highest BCUT2D eigenvalue weighted by Gasteiger charge is 2.47. The van der Waals surface area contributed by atoms with Crippen molar-refractivity contribution >= 4 is 17.8 Å². The van der Waals surface area contributed by atoms with E-state index in [2.05, 4.69) is 4.98 Å². The number of carboxylic acids is 1. The van der Waals surface area contributed by atoms with Crippen LogP contribution in [0.1, 0.15) is 32.8 Å². The Kier molecular flexibility index (Phi) is 5.73. The van der Waals surface area contributed by atoms with Gasteiger partial charge in [0.1, 0.15) is 5.60 Å². The summed E-state index contributed by atoms with van der Waals surface area (Å²) in [7, 11) is 0. The molecule has 5 nitrogen and oxygen atoms in total. The topological polar surface area (TPSA) is 87.5 Å². The molecule has 2 N–H and O–H groups in total. The highest BCUT2D eigenvalue weighted by molar-refractivity contribution is 5.94. The smallest absolute Gasteiger partial charge is 0.328 e. The van der Waals surface area contributed by atoms with E-state index in [1.807, 2.05) is 19.9 Å². The summed E-state index contributed by atoms with van der Waals surface area (Å²) in [5.41, 5.74) is -0.352. The van der Waals surface area contributed by atoms with E-state index >= 15 is 0 Å². The van der Waals surface area contributed by atoms with E-state index in [1.165, 1.54) is 6.08 Å². The maximum absolute atomic E-state index is 12.1. The van der Waals surface area contributed by atoms with Gasteiger partial charge in [0, 0.05) is 30.3 Å². The molecule has 1 aliphatic carbocycles. The normalized spacial score (nSPS) is 23.5. The summed E-state index contributed by atoms with van der Waals surface area (Å²) < 4.78 is 0. The average Bonchev–Trinajstić information content (AvgIpc) is 2.55. The number of nitrogens with zero attached hydrogens (tertiary/aromatic N) is 1. The van der Waals surface area contributed by atoms with Gasteiger partial charge in [-0.1, -0.05) is 38.1 Å². The van der Waals surface area contributed by atoms with Crippen molar-refractivity contribution in [1.29, 1.82) is 0 Å². The fourth-order valence-corrected chi connectivity index (χ4v) is 2.95. The lowest BCUT2D eigenvalue weighted by molar-refractivity contribution is -0.131. The number of aliphatic carboxylic acids is 1. The molecule has 0 radical (unpaired) electrons. The molecule has 1 heterocycles. The lowest BCUT2D eigenvalue weighted by atomic mass is 9.64. The Morgan fingerprint density at radius 1 is 1.31 bits per heavy atom. The third-order valence-electron chi connectivity index (χ3n) is 4.48. The Morgan fingerprint density at radius 2 is 2.04 bits per heavy atom. The van der Waals surface area contributed by atoms with E-state index in [0.29, 0.717) is 11.1 Å². The van der Waals surface area contributed by atoms with Crippen molar-refractivity contribution in [2.75, 3.05) is 0 Å². The van der Waals surface area contributed by atoms with Crippen LogP contribution in [0, 0.1) is 5.41 Å². The van der Waals surface area contributed by atoms with Crippen molar-refractivity contribution in [1.82, 2.24) is 4.98 Å². The zero-order valence-electron chi connectivity index (χ0n) is 15.1. The van der Waals surface area contributed by atoms with Crippen LogP contribution in [0.25, 0.3) is 6.08 Å². The zero-order valence-corrected chi connectivity index (χ0v) is 15.1. The fourth-order valence-electron chi connectivity index (χ4n) is 2.95. The Balaban J connectivity index is 2.44. The van der Waals surface area contributed by atoms with Crippen molar-refractivity contribution in [3.8, 4) is 0 Å². The van der Waals surface area contributed by atoms with Gasteiger partial charge in [0.25, 0.3) is 0 Å². The first-order chi connectivity index (χ1) is 12.1. The molecule has 0 bridgehead atoms. The molecule has 1 aromatic heterocycles. The second-order valence-corrected chi connectivity index (χ2v) is 7.07. The number of ketones is 1.